The van der Waals surface area contributed by atoms with Gasteiger partial charge in [0, 0.05) is 6.20 Å². The van der Waals surface area contributed by atoms with Crippen molar-refractivity contribution in [2.45, 2.75) is 4.17 Å². The molecular formula is C6H5I2N3. The van der Waals surface area contributed by atoms with E-state index in [-0.39, 0.29) is 0 Å². The van der Waals surface area contributed by atoms with Gasteiger partial charge in [-0.3, -0.25) is 8.10 Å². The molecule has 2 heterocycles. The molecule has 0 saturated carbocycles. The molecule has 3 nitrogen and oxygen atoms in total. The van der Waals surface area contributed by atoms with Crippen LogP contribution in [0.5, 0.6) is 0 Å². The zero-order valence-corrected chi connectivity index (χ0v) is 9.77. The number of hydrogen-bond acceptors (Lipinski definition) is 3. The molecule has 5 heteroatoms. The summed E-state index contributed by atoms with van der Waals surface area (Å²) in [4.78, 5) is 4.05. The van der Waals surface area contributed by atoms with E-state index in [1.165, 1.54) is 0 Å². The lowest BCUT2D eigenvalue weighted by atomic mass is 10.4. The first-order valence-corrected chi connectivity index (χ1v) is 5.30. The van der Waals surface area contributed by atoms with Crippen LogP contribution in [-0.2, 0) is 0 Å². The fourth-order valence-corrected chi connectivity index (χ4v) is 2.14. The molecule has 1 aliphatic heterocycles. The SMILES string of the molecule is IC1Nc2ccncc2N1I. The van der Waals surface area contributed by atoms with Crippen LogP contribution in [0.25, 0.3) is 0 Å². The van der Waals surface area contributed by atoms with Gasteiger partial charge in [0.2, 0.25) is 0 Å². The third kappa shape index (κ3) is 1.28. The third-order valence-corrected chi connectivity index (χ3v) is 4.51. The zero-order valence-electron chi connectivity index (χ0n) is 5.46. The highest BCUT2D eigenvalue weighted by molar-refractivity contribution is 14.1. The Balaban J connectivity index is 2.47. The van der Waals surface area contributed by atoms with Gasteiger partial charge in [-0.05, 0) is 28.7 Å². The molecule has 11 heavy (non-hydrogen) atoms. The first kappa shape index (κ1) is 7.84. The summed E-state index contributed by atoms with van der Waals surface area (Å²) < 4.78 is 2.47. The topological polar surface area (TPSA) is 28.2 Å². The molecule has 1 N–H and O–H groups in total. The predicted molar refractivity (Wildman–Crippen MR) is 62.2 cm³/mol. The average molecular weight is 373 g/mol. The van der Waals surface area contributed by atoms with Crippen LogP contribution in [0.2, 0.25) is 0 Å². The number of fused-ring (bicyclic) bond motifs is 1. The zero-order chi connectivity index (χ0) is 7.84. The second kappa shape index (κ2) is 2.92. The molecule has 0 fully saturated rings. The Morgan fingerprint density at radius 2 is 2.45 bits per heavy atom. The third-order valence-electron chi connectivity index (χ3n) is 1.50. The predicted octanol–water partition coefficient (Wildman–Crippen LogP) is 2.38. The van der Waals surface area contributed by atoms with Gasteiger partial charge in [-0.2, -0.15) is 0 Å². The second-order valence-electron chi connectivity index (χ2n) is 2.18. The molecule has 0 aliphatic carbocycles. The van der Waals surface area contributed by atoms with Crippen LogP contribution in [0.1, 0.15) is 0 Å². The van der Waals surface area contributed by atoms with Crippen molar-refractivity contribution < 1.29 is 0 Å². The number of anilines is 2. The van der Waals surface area contributed by atoms with E-state index in [4.69, 9.17) is 0 Å². The Hall–Kier alpha value is 0.210. The van der Waals surface area contributed by atoms with E-state index in [0.29, 0.717) is 4.17 Å². The van der Waals surface area contributed by atoms with Crippen molar-refractivity contribution in [1.82, 2.24) is 4.98 Å². The van der Waals surface area contributed by atoms with Crippen LogP contribution in [0.3, 0.4) is 0 Å². The van der Waals surface area contributed by atoms with E-state index in [2.05, 4.69) is 58.9 Å². The van der Waals surface area contributed by atoms with Gasteiger partial charge in [0.25, 0.3) is 0 Å². The number of nitrogens with zero attached hydrogens (tertiary/aromatic N) is 2. The molecule has 2 rings (SSSR count). The maximum Gasteiger partial charge on any atom is 0.161 e. The molecule has 0 aromatic carbocycles. The van der Waals surface area contributed by atoms with Crippen molar-refractivity contribution in [1.29, 1.82) is 0 Å². The lowest BCUT2D eigenvalue weighted by molar-refractivity contribution is 1.19. The minimum atomic E-state index is 0.340. The van der Waals surface area contributed by atoms with E-state index < -0.39 is 0 Å². The Morgan fingerprint density at radius 3 is 3.18 bits per heavy atom. The summed E-state index contributed by atoms with van der Waals surface area (Å²) in [6, 6.07) is 1.99. The van der Waals surface area contributed by atoms with E-state index >= 15 is 0 Å². The van der Waals surface area contributed by atoms with Crippen LogP contribution in [-0.4, -0.2) is 9.16 Å². The van der Waals surface area contributed by atoms with E-state index in [1.54, 1.807) is 6.20 Å². The average Bonchev–Trinajstić information content (AvgIpc) is 2.30. The minimum Gasteiger partial charge on any atom is -0.355 e. The van der Waals surface area contributed by atoms with Gasteiger partial charge in [0.05, 0.1) is 40.4 Å². The molecular weight excluding hydrogens is 368 g/mol. The maximum atomic E-state index is 4.05. The van der Waals surface area contributed by atoms with Crippen molar-refractivity contribution in [2.24, 2.45) is 0 Å². The summed E-state index contributed by atoms with van der Waals surface area (Å²) in [5.41, 5.74) is 2.32. The first-order valence-electron chi connectivity index (χ1n) is 3.08. The van der Waals surface area contributed by atoms with Gasteiger partial charge in [-0.25, -0.2) is 0 Å². The van der Waals surface area contributed by atoms with Crippen LogP contribution >= 0.6 is 45.5 Å². The lowest BCUT2D eigenvalue weighted by Gasteiger charge is -2.11. The maximum absolute atomic E-state index is 4.05. The Kier molecular flexibility index (Phi) is 2.08. The molecule has 1 aliphatic rings. The summed E-state index contributed by atoms with van der Waals surface area (Å²) >= 11 is 4.61. The molecule has 1 unspecified atom stereocenters. The number of hydrogen-bond donors (Lipinski definition) is 1. The number of pyridine rings is 1. The molecule has 1 atom stereocenters. The standard InChI is InChI=1S/C6H5I2N3/c7-6-10-4-1-2-9-3-5(4)11(6)8/h1-3,6,10H. The molecule has 1 aromatic rings. The van der Waals surface area contributed by atoms with E-state index in [9.17, 15) is 0 Å². The smallest absolute Gasteiger partial charge is 0.161 e. The highest BCUT2D eigenvalue weighted by Gasteiger charge is 2.23. The number of nitrogens with one attached hydrogen (secondary N) is 1. The van der Waals surface area contributed by atoms with Crippen LogP contribution in [0.15, 0.2) is 18.5 Å². The molecule has 1 aromatic heterocycles. The van der Waals surface area contributed by atoms with Gasteiger partial charge in [-0.15, -0.1) is 0 Å². The summed E-state index contributed by atoms with van der Waals surface area (Å²) in [5.74, 6) is 0. The van der Waals surface area contributed by atoms with Crippen LogP contribution in [0.4, 0.5) is 11.4 Å². The summed E-state index contributed by atoms with van der Waals surface area (Å²) in [5, 5.41) is 3.31. The first-order chi connectivity index (χ1) is 5.29. The summed E-state index contributed by atoms with van der Waals surface area (Å²) in [6.07, 6.45) is 3.67. The van der Waals surface area contributed by atoms with E-state index in [1.807, 2.05) is 12.3 Å². The fourth-order valence-electron chi connectivity index (χ4n) is 0.986. The lowest BCUT2D eigenvalue weighted by Crippen LogP contribution is -2.19. The largest absolute Gasteiger partial charge is 0.355 e. The van der Waals surface area contributed by atoms with Crippen LogP contribution in [0, 0.1) is 0 Å². The quantitative estimate of drug-likeness (QED) is 0.328. The van der Waals surface area contributed by atoms with Gasteiger partial charge < -0.3 is 5.32 Å². The van der Waals surface area contributed by atoms with E-state index in [0.717, 1.165) is 11.4 Å². The molecule has 58 valence electrons. The van der Waals surface area contributed by atoms with Crippen molar-refractivity contribution in [3.63, 3.8) is 0 Å². The number of halogens is 2. The van der Waals surface area contributed by atoms with Gasteiger partial charge in [0.15, 0.2) is 4.17 Å². The Bertz CT molecular complexity index is 278. The van der Waals surface area contributed by atoms with Crippen molar-refractivity contribution in [2.75, 3.05) is 8.43 Å². The molecule has 0 bridgehead atoms. The number of alkyl halides is 1. The van der Waals surface area contributed by atoms with Crippen molar-refractivity contribution in [3.05, 3.63) is 18.5 Å². The van der Waals surface area contributed by atoms with Gasteiger partial charge in [0.1, 0.15) is 0 Å². The molecule has 0 radical (unpaired) electrons. The second-order valence-corrected chi connectivity index (χ2v) is 4.40. The Morgan fingerprint density at radius 1 is 1.64 bits per heavy atom. The van der Waals surface area contributed by atoms with Crippen molar-refractivity contribution in [3.8, 4) is 0 Å². The minimum absolute atomic E-state index is 0.340. The summed E-state index contributed by atoms with van der Waals surface area (Å²) in [7, 11) is 0. The summed E-state index contributed by atoms with van der Waals surface area (Å²) in [6.45, 7) is 0. The number of rotatable bonds is 0. The molecule has 0 amide bonds. The fraction of sp³-hybridized carbons (Fsp3) is 0.167. The molecule has 0 spiro atoms. The van der Waals surface area contributed by atoms with Gasteiger partial charge in [-0.1, -0.05) is 0 Å². The highest BCUT2D eigenvalue weighted by Crippen LogP contribution is 2.37. The monoisotopic (exact) mass is 373 g/mol. The van der Waals surface area contributed by atoms with Gasteiger partial charge >= 0.3 is 0 Å². The highest BCUT2D eigenvalue weighted by atomic mass is 127. The Labute approximate surface area is 92.2 Å². The number of aromatic nitrogens is 1. The molecule has 0 saturated heterocycles. The van der Waals surface area contributed by atoms with Crippen molar-refractivity contribution >= 4 is 56.8 Å². The normalized spacial score (nSPS) is 21.3. The van der Waals surface area contributed by atoms with Crippen LogP contribution < -0.4 is 8.43 Å².